The number of carbonyl (C=O) groups excluding carboxylic acids is 1. The molecule has 1 amide bonds. The van der Waals surface area contributed by atoms with E-state index in [0.717, 1.165) is 24.0 Å². The van der Waals surface area contributed by atoms with Gasteiger partial charge < -0.3 is 20.6 Å². The normalized spacial score (nSPS) is 26.3. The molecule has 130 valence electrons. The number of anilines is 1. The number of β-amino-alcohol motifs (C(OH)–C–C–N with tert-alkyl or cyclic N) is 1. The van der Waals surface area contributed by atoms with Gasteiger partial charge in [0.15, 0.2) is 0 Å². The molecule has 3 atom stereocenters. The number of rotatable bonds is 3. The Morgan fingerprint density at radius 2 is 2.09 bits per heavy atom. The van der Waals surface area contributed by atoms with Crippen LogP contribution in [0.2, 0.25) is 0 Å². The van der Waals surface area contributed by atoms with Crippen molar-refractivity contribution in [3.63, 3.8) is 0 Å². The van der Waals surface area contributed by atoms with Gasteiger partial charge in [-0.25, -0.2) is 0 Å². The Hall–Kier alpha value is -0.530. The summed E-state index contributed by atoms with van der Waals surface area (Å²) in [6, 6.07) is 8.06. The van der Waals surface area contributed by atoms with Crippen LogP contribution in [0.5, 0.6) is 0 Å². The molecular formula is C15H22BrCl2N3O2. The first-order valence-corrected chi connectivity index (χ1v) is 8.14. The van der Waals surface area contributed by atoms with Crippen LogP contribution in [0.1, 0.15) is 12.8 Å². The summed E-state index contributed by atoms with van der Waals surface area (Å²) in [5.41, 5.74) is 1.17. The summed E-state index contributed by atoms with van der Waals surface area (Å²) >= 11 is 3.57. The van der Waals surface area contributed by atoms with Gasteiger partial charge in [0.2, 0.25) is 5.91 Å². The fourth-order valence-electron chi connectivity index (χ4n) is 3.02. The molecule has 2 saturated heterocycles. The van der Waals surface area contributed by atoms with Gasteiger partial charge in [-0.1, -0.05) is 12.1 Å². The SMILES string of the molecule is Cl.Cl.O=C(NC1CCN(c2ccccc2Br)C1)C1CC(O)CN1. The van der Waals surface area contributed by atoms with Crippen LogP contribution in [0.4, 0.5) is 5.69 Å². The standard InChI is InChI=1S/C15H20BrN3O2.2ClH/c16-12-3-1-2-4-14(12)19-6-5-10(9-19)18-15(21)13-7-11(20)8-17-13;;/h1-4,10-11,13,17,20H,5-9H2,(H,18,21);2*1H. The maximum Gasteiger partial charge on any atom is 0.237 e. The van der Waals surface area contributed by atoms with E-state index in [1.807, 2.05) is 18.2 Å². The predicted molar refractivity (Wildman–Crippen MR) is 99.8 cm³/mol. The molecule has 2 aliphatic heterocycles. The summed E-state index contributed by atoms with van der Waals surface area (Å²) in [5, 5.41) is 15.6. The highest BCUT2D eigenvalue weighted by molar-refractivity contribution is 9.10. The van der Waals surface area contributed by atoms with Crippen LogP contribution in [-0.4, -0.2) is 48.8 Å². The van der Waals surface area contributed by atoms with Crippen LogP contribution >= 0.6 is 40.7 Å². The van der Waals surface area contributed by atoms with Crippen molar-refractivity contribution in [3.8, 4) is 0 Å². The van der Waals surface area contributed by atoms with Crippen LogP contribution in [0.3, 0.4) is 0 Å². The number of aliphatic hydroxyl groups excluding tert-OH is 1. The summed E-state index contributed by atoms with van der Waals surface area (Å²) in [5.74, 6) is 0.00512. The second-order valence-electron chi connectivity index (χ2n) is 5.74. The summed E-state index contributed by atoms with van der Waals surface area (Å²) < 4.78 is 1.08. The van der Waals surface area contributed by atoms with Crippen molar-refractivity contribution >= 4 is 52.3 Å². The van der Waals surface area contributed by atoms with Crippen LogP contribution in [0, 0.1) is 0 Å². The van der Waals surface area contributed by atoms with Crippen LogP contribution in [-0.2, 0) is 4.79 Å². The molecule has 3 N–H and O–H groups in total. The third kappa shape index (κ3) is 4.97. The number of carbonyl (C=O) groups is 1. The van der Waals surface area contributed by atoms with E-state index in [2.05, 4.69) is 37.5 Å². The Labute approximate surface area is 157 Å². The fourth-order valence-corrected chi connectivity index (χ4v) is 3.56. The Bertz CT molecular complexity index is 535. The third-order valence-electron chi connectivity index (χ3n) is 4.15. The second kappa shape index (κ2) is 9.08. The quantitative estimate of drug-likeness (QED) is 0.688. The first-order valence-electron chi connectivity index (χ1n) is 7.35. The molecule has 0 spiro atoms. The average molecular weight is 427 g/mol. The maximum atomic E-state index is 12.1. The van der Waals surface area contributed by atoms with E-state index < -0.39 is 6.10 Å². The van der Waals surface area contributed by atoms with Gasteiger partial charge in [-0.05, 0) is 40.9 Å². The molecule has 8 heteroatoms. The average Bonchev–Trinajstić information content (AvgIpc) is 3.08. The minimum Gasteiger partial charge on any atom is -0.392 e. The lowest BCUT2D eigenvalue weighted by Crippen LogP contribution is -2.46. The van der Waals surface area contributed by atoms with Gasteiger partial charge in [-0.3, -0.25) is 4.79 Å². The molecule has 23 heavy (non-hydrogen) atoms. The summed E-state index contributed by atoms with van der Waals surface area (Å²) in [7, 11) is 0. The summed E-state index contributed by atoms with van der Waals surface area (Å²) in [6.45, 7) is 2.27. The minimum atomic E-state index is -0.402. The number of halogens is 3. The topological polar surface area (TPSA) is 64.6 Å². The van der Waals surface area contributed by atoms with Gasteiger partial charge in [-0.2, -0.15) is 0 Å². The van der Waals surface area contributed by atoms with E-state index >= 15 is 0 Å². The minimum absolute atomic E-state index is 0. The highest BCUT2D eigenvalue weighted by Crippen LogP contribution is 2.28. The van der Waals surface area contributed by atoms with Crippen molar-refractivity contribution in [3.05, 3.63) is 28.7 Å². The molecular weight excluding hydrogens is 405 g/mol. The molecule has 0 aromatic heterocycles. The number of para-hydroxylation sites is 1. The van der Waals surface area contributed by atoms with E-state index in [9.17, 15) is 9.90 Å². The molecule has 2 fully saturated rings. The van der Waals surface area contributed by atoms with Crippen molar-refractivity contribution in [2.45, 2.75) is 31.0 Å². The Balaban J connectivity index is 0.00000132. The lowest BCUT2D eigenvalue weighted by Gasteiger charge is -2.21. The molecule has 0 bridgehead atoms. The van der Waals surface area contributed by atoms with Gasteiger partial charge in [0.25, 0.3) is 0 Å². The molecule has 0 saturated carbocycles. The predicted octanol–water partition coefficient (Wildman–Crippen LogP) is 1.71. The summed E-state index contributed by atoms with van der Waals surface area (Å²) in [4.78, 5) is 14.4. The molecule has 0 radical (unpaired) electrons. The monoisotopic (exact) mass is 425 g/mol. The molecule has 1 aromatic carbocycles. The van der Waals surface area contributed by atoms with Gasteiger partial charge >= 0.3 is 0 Å². The van der Waals surface area contributed by atoms with Crippen molar-refractivity contribution < 1.29 is 9.90 Å². The molecule has 2 aliphatic rings. The Morgan fingerprint density at radius 3 is 2.74 bits per heavy atom. The largest absolute Gasteiger partial charge is 0.392 e. The second-order valence-corrected chi connectivity index (χ2v) is 6.60. The number of hydrogen-bond acceptors (Lipinski definition) is 4. The first-order chi connectivity index (χ1) is 10.1. The number of amides is 1. The van der Waals surface area contributed by atoms with Gasteiger partial charge in [0.05, 0.1) is 17.8 Å². The molecule has 0 aliphatic carbocycles. The highest BCUT2D eigenvalue weighted by atomic mass is 79.9. The van der Waals surface area contributed by atoms with E-state index in [4.69, 9.17) is 0 Å². The third-order valence-corrected chi connectivity index (χ3v) is 4.82. The zero-order valence-electron chi connectivity index (χ0n) is 12.6. The number of aliphatic hydroxyl groups is 1. The highest BCUT2D eigenvalue weighted by Gasteiger charge is 2.31. The number of nitrogens with zero attached hydrogens (tertiary/aromatic N) is 1. The van der Waals surface area contributed by atoms with Crippen LogP contribution in [0.15, 0.2) is 28.7 Å². The zero-order chi connectivity index (χ0) is 14.8. The maximum absolute atomic E-state index is 12.1. The molecule has 3 rings (SSSR count). The van der Waals surface area contributed by atoms with Crippen LogP contribution in [0.25, 0.3) is 0 Å². The van der Waals surface area contributed by atoms with Crippen molar-refractivity contribution in [1.82, 2.24) is 10.6 Å². The summed E-state index contributed by atoms with van der Waals surface area (Å²) in [6.07, 6.45) is 1.05. The van der Waals surface area contributed by atoms with Crippen molar-refractivity contribution in [1.29, 1.82) is 0 Å². The molecule has 3 unspecified atom stereocenters. The van der Waals surface area contributed by atoms with E-state index in [1.165, 1.54) is 5.69 Å². The van der Waals surface area contributed by atoms with Crippen molar-refractivity contribution in [2.24, 2.45) is 0 Å². The number of hydrogen-bond donors (Lipinski definition) is 3. The van der Waals surface area contributed by atoms with Gasteiger partial charge in [0, 0.05) is 30.1 Å². The fraction of sp³-hybridized carbons (Fsp3) is 0.533. The van der Waals surface area contributed by atoms with Crippen LogP contribution < -0.4 is 15.5 Å². The van der Waals surface area contributed by atoms with Gasteiger partial charge in [0.1, 0.15) is 0 Å². The molecule has 5 nitrogen and oxygen atoms in total. The van der Waals surface area contributed by atoms with Crippen molar-refractivity contribution in [2.75, 3.05) is 24.5 Å². The number of benzene rings is 1. The van der Waals surface area contributed by atoms with Gasteiger partial charge in [-0.15, -0.1) is 24.8 Å². The lowest BCUT2D eigenvalue weighted by molar-refractivity contribution is -0.123. The Morgan fingerprint density at radius 1 is 1.35 bits per heavy atom. The lowest BCUT2D eigenvalue weighted by atomic mass is 10.1. The smallest absolute Gasteiger partial charge is 0.237 e. The number of nitrogens with one attached hydrogen (secondary N) is 2. The molecule has 1 aromatic rings. The zero-order valence-corrected chi connectivity index (χ0v) is 15.8. The van der Waals surface area contributed by atoms with E-state index in [0.29, 0.717) is 13.0 Å². The first kappa shape index (κ1) is 20.5. The molecule has 2 heterocycles. The van der Waals surface area contributed by atoms with E-state index in [-0.39, 0.29) is 42.8 Å². The Kier molecular flexibility index (Phi) is 8.10. The van der Waals surface area contributed by atoms with E-state index in [1.54, 1.807) is 0 Å².